The molecule has 2 aromatic rings. The van der Waals surface area contributed by atoms with E-state index in [1.54, 1.807) is 6.92 Å². The summed E-state index contributed by atoms with van der Waals surface area (Å²) in [6.07, 6.45) is -0.323. The first-order valence-electron chi connectivity index (χ1n) is 6.33. The first kappa shape index (κ1) is 15.2. The van der Waals surface area contributed by atoms with Crippen LogP contribution in [0.3, 0.4) is 0 Å². The van der Waals surface area contributed by atoms with Crippen LogP contribution in [-0.4, -0.2) is 55.9 Å². The zero-order valence-corrected chi connectivity index (χ0v) is 11.8. The fraction of sp³-hybridized carbons (Fsp3) is 0.462. The molecular formula is C13H17N5O3. The topological polar surface area (TPSA) is 119 Å². The SMILES string of the molecule is CC#Cc1nn(CC(O)C(CO)OC)c2ncnc(N)c12. The van der Waals surface area contributed by atoms with Crippen LogP contribution in [0.5, 0.6) is 0 Å². The van der Waals surface area contributed by atoms with Crippen LogP contribution >= 0.6 is 0 Å². The van der Waals surface area contributed by atoms with Gasteiger partial charge in [0.1, 0.15) is 30.0 Å². The van der Waals surface area contributed by atoms with Crippen LogP contribution < -0.4 is 5.73 Å². The van der Waals surface area contributed by atoms with Crippen molar-refractivity contribution < 1.29 is 14.9 Å². The molecule has 0 aliphatic heterocycles. The molecule has 8 nitrogen and oxygen atoms in total. The van der Waals surface area contributed by atoms with Crippen molar-refractivity contribution in [2.45, 2.75) is 25.7 Å². The predicted molar refractivity (Wildman–Crippen MR) is 76.2 cm³/mol. The Morgan fingerprint density at radius 3 is 2.86 bits per heavy atom. The number of methoxy groups -OCH3 is 1. The largest absolute Gasteiger partial charge is 0.394 e. The second kappa shape index (κ2) is 6.49. The number of nitrogen functional groups attached to an aromatic ring is 1. The summed E-state index contributed by atoms with van der Waals surface area (Å²) >= 11 is 0. The molecule has 0 bridgehead atoms. The lowest BCUT2D eigenvalue weighted by Gasteiger charge is -2.19. The van der Waals surface area contributed by atoms with Gasteiger partial charge < -0.3 is 20.7 Å². The number of aliphatic hydroxyl groups excluding tert-OH is 2. The number of anilines is 1. The van der Waals surface area contributed by atoms with E-state index in [1.807, 2.05) is 0 Å². The standard InChI is InChI=1S/C13H17N5O3/c1-3-4-8-11-12(14)15-7-16-13(11)18(17-8)5-9(20)10(6-19)21-2/h7,9-10,19-20H,5-6H2,1-2H3,(H2,14,15,16). The van der Waals surface area contributed by atoms with Crippen LogP contribution in [0.4, 0.5) is 5.82 Å². The highest BCUT2D eigenvalue weighted by Crippen LogP contribution is 2.21. The van der Waals surface area contributed by atoms with Gasteiger partial charge in [-0.15, -0.1) is 0 Å². The van der Waals surface area contributed by atoms with E-state index < -0.39 is 12.2 Å². The molecule has 2 aromatic heterocycles. The van der Waals surface area contributed by atoms with Crippen molar-refractivity contribution in [2.75, 3.05) is 19.5 Å². The number of aromatic nitrogens is 4. The summed E-state index contributed by atoms with van der Waals surface area (Å²) in [7, 11) is 1.42. The molecule has 0 spiro atoms. The smallest absolute Gasteiger partial charge is 0.164 e. The lowest BCUT2D eigenvalue weighted by atomic mass is 10.2. The quantitative estimate of drug-likeness (QED) is 0.614. The Morgan fingerprint density at radius 1 is 1.48 bits per heavy atom. The molecule has 112 valence electrons. The zero-order valence-electron chi connectivity index (χ0n) is 11.8. The Morgan fingerprint density at radius 2 is 2.24 bits per heavy atom. The normalized spacial score (nSPS) is 13.7. The van der Waals surface area contributed by atoms with Crippen molar-refractivity contribution in [3.8, 4) is 11.8 Å². The highest BCUT2D eigenvalue weighted by atomic mass is 16.5. The molecule has 2 rings (SSSR count). The Kier molecular flexibility index (Phi) is 4.70. The summed E-state index contributed by atoms with van der Waals surface area (Å²) in [5.41, 5.74) is 6.78. The van der Waals surface area contributed by atoms with Crippen LogP contribution in [0.15, 0.2) is 6.33 Å². The first-order chi connectivity index (χ1) is 10.1. The summed E-state index contributed by atoms with van der Waals surface area (Å²) in [6, 6.07) is 0. The number of rotatable bonds is 5. The molecule has 2 atom stereocenters. The Labute approximate surface area is 121 Å². The van der Waals surface area contributed by atoms with Crippen LogP contribution in [0.1, 0.15) is 12.6 Å². The molecule has 0 saturated carbocycles. The van der Waals surface area contributed by atoms with E-state index >= 15 is 0 Å². The minimum atomic E-state index is -0.943. The van der Waals surface area contributed by atoms with Gasteiger partial charge in [-0.25, -0.2) is 14.6 Å². The molecule has 0 aliphatic carbocycles. The van der Waals surface area contributed by atoms with Gasteiger partial charge in [0.2, 0.25) is 0 Å². The number of fused-ring (bicyclic) bond motifs is 1. The predicted octanol–water partition coefficient (Wildman–Crippen LogP) is -0.852. The minimum Gasteiger partial charge on any atom is -0.394 e. The van der Waals surface area contributed by atoms with Gasteiger partial charge in [0, 0.05) is 7.11 Å². The third kappa shape index (κ3) is 2.95. The molecule has 2 unspecified atom stereocenters. The molecule has 2 heterocycles. The number of ether oxygens (including phenoxy) is 1. The van der Waals surface area contributed by atoms with Gasteiger partial charge >= 0.3 is 0 Å². The third-order valence-electron chi connectivity index (χ3n) is 3.07. The summed E-state index contributed by atoms with van der Waals surface area (Å²) in [6.45, 7) is 1.49. The lowest BCUT2D eigenvalue weighted by molar-refractivity contribution is -0.0478. The van der Waals surface area contributed by atoms with Crippen LogP contribution in [0, 0.1) is 11.8 Å². The van der Waals surface area contributed by atoms with Crippen molar-refractivity contribution in [3.63, 3.8) is 0 Å². The monoisotopic (exact) mass is 291 g/mol. The highest BCUT2D eigenvalue weighted by molar-refractivity contribution is 5.90. The van der Waals surface area contributed by atoms with Crippen LogP contribution in [-0.2, 0) is 11.3 Å². The molecule has 0 radical (unpaired) electrons. The maximum atomic E-state index is 10.1. The Balaban J connectivity index is 2.44. The van der Waals surface area contributed by atoms with Crippen molar-refractivity contribution in [2.24, 2.45) is 0 Å². The summed E-state index contributed by atoms with van der Waals surface area (Å²) in [4.78, 5) is 8.06. The van der Waals surface area contributed by atoms with E-state index in [1.165, 1.54) is 18.1 Å². The molecule has 4 N–H and O–H groups in total. The number of aliphatic hydroxyl groups is 2. The molecule has 0 fully saturated rings. The second-order valence-electron chi connectivity index (χ2n) is 4.39. The Bertz CT molecular complexity index is 684. The van der Waals surface area contributed by atoms with Gasteiger partial charge in [-0.1, -0.05) is 5.92 Å². The average Bonchev–Trinajstić information content (AvgIpc) is 2.80. The average molecular weight is 291 g/mol. The number of nitrogens with two attached hydrogens (primary N) is 1. The van der Waals surface area contributed by atoms with E-state index in [0.717, 1.165) is 0 Å². The van der Waals surface area contributed by atoms with Crippen molar-refractivity contribution in [3.05, 3.63) is 12.0 Å². The fourth-order valence-corrected chi connectivity index (χ4v) is 2.01. The molecule has 0 saturated heterocycles. The van der Waals surface area contributed by atoms with E-state index in [2.05, 4.69) is 26.9 Å². The molecule has 21 heavy (non-hydrogen) atoms. The molecular weight excluding hydrogens is 274 g/mol. The highest BCUT2D eigenvalue weighted by Gasteiger charge is 2.22. The summed E-state index contributed by atoms with van der Waals surface area (Å²) < 4.78 is 6.48. The zero-order chi connectivity index (χ0) is 15.4. The maximum absolute atomic E-state index is 10.1. The summed E-state index contributed by atoms with van der Waals surface area (Å²) in [5, 5.41) is 24.1. The van der Waals surface area contributed by atoms with Gasteiger partial charge in [0.25, 0.3) is 0 Å². The number of nitrogens with zero attached hydrogens (tertiary/aromatic N) is 4. The van der Waals surface area contributed by atoms with Gasteiger partial charge in [0.15, 0.2) is 5.65 Å². The van der Waals surface area contributed by atoms with Crippen molar-refractivity contribution in [1.29, 1.82) is 0 Å². The Hall–Kier alpha value is -2.21. The summed E-state index contributed by atoms with van der Waals surface area (Å²) in [5.74, 6) is 5.87. The van der Waals surface area contributed by atoms with E-state index in [0.29, 0.717) is 16.7 Å². The fourth-order valence-electron chi connectivity index (χ4n) is 2.01. The van der Waals surface area contributed by atoms with E-state index in [-0.39, 0.29) is 19.0 Å². The van der Waals surface area contributed by atoms with E-state index in [9.17, 15) is 5.11 Å². The molecule has 0 aromatic carbocycles. The van der Waals surface area contributed by atoms with Crippen LogP contribution in [0.2, 0.25) is 0 Å². The molecule has 8 heteroatoms. The first-order valence-corrected chi connectivity index (χ1v) is 6.33. The molecule has 0 aliphatic rings. The second-order valence-corrected chi connectivity index (χ2v) is 4.39. The maximum Gasteiger partial charge on any atom is 0.164 e. The van der Waals surface area contributed by atoms with Gasteiger partial charge in [-0.3, -0.25) is 0 Å². The number of hydrogen-bond acceptors (Lipinski definition) is 7. The number of hydrogen-bond donors (Lipinski definition) is 3. The molecule has 0 amide bonds. The van der Waals surface area contributed by atoms with Gasteiger partial charge in [0.05, 0.1) is 18.5 Å². The van der Waals surface area contributed by atoms with Gasteiger partial charge in [-0.05, 0) is 12.8 Å². The van der Waals surface area contributed by atoms with Crippen molar-refractivity contribution >= 4 is 16.9 Å². The third-order valence-corrected chi connectivity index (χ3v) is 3.07. The van der Waals surface area contributed by atoms with Crippen LogP contribution in [0.25, 0.3) is 11.0 Å². The van der Waals surface area contributed by atoms with Gasteiger partial charge in [-0.2, -0.15) is 5.10 Å². The van der Waals surface area contributed by atoms with Crippen molar-refractivity contribution in [1.82, 2.24) is 19.7 Å². The van der Waals surface area contributed by atoms with E-state index in [4.69, 9.17) is 15.6 Å². The minimum absolute atomic E-state index is 0.0947. The lowest BCUT2D eigenvalue weighted by Crippen LogP contribution is -2.35.